The maximum Gasteiger partial charge on any atom is 0.362 e. The van der Waals surface area contributed by atoms with Crippen molar-refractivity contribution in [2.24, 2.45) is 0 Å². The SMILES string of the molecule is CCC/C=C/C=C/C=C/C=C/C=C/CCCCCCCC(=O)OC(COCCC(C(=O)O)[N+](C)(C)C)COC(=O)CCCCCCCCCCCCCCCCC. The molecule has 0 bridgehead atoms. The zero-order valence-electron chi connectivity index (χ0n) is 37.3. The van der Waals surface area contributed by atoms with Gasteiger partial charge >= 0.3 is 17.9 Å². The Labute approximate surface area is 349 Å². The van der Waals surface area contributed by atoms with Gasteiger partial charge in [0.2, 0.25) is 0 Å². The molecule has 0 saturated heterocycles. The molecular weight excluding hydrogens is 715 g/mol. The van der Waals surface area contributed by atoms with Crippen LogP contribution in [0.1, 0.15) is 181 Å². The number of carboxylic acid groups (broad SMARTS) is 1. The minimum Gasteiger partial charge on any atom is -0.477 e. The molecular formula is C49H86NO7+. The highest BCUT2D eigenvalue weighted by Gasteiger charge is 2.31. The molecule has 0 aliphatic carbocycles. The molecule has 0 rings (SSSR count). The Hall–Kier alpha value is -2.97. The summed E-state index contributed by atoms with van der Waals surface area (Å²) < 4.78 is 17.3. The number of hydrogen-bond acceptors (Lipinski definition) is 6. The summed E-state index contributed by atoms with van der Waals surface area (Å²) in [7, 11) is 5.51. The van der Waals surface area contributed by atoms with Gasteiger partial charge in [-0.1, -0.05) is 190 Å². The molecule has 2 unspecified atom stereocenters. The van der Waals surface area contributed by atoms with E-state index in [0.29, 0.717) is 19.3 Å². The Morgan fingerprint density at radius 1 is 0.526 bits per heavy atom. The average molecular weight is 801 g/mol. The molecule has 8 heteroatoms. The molecule has 0 aromatic heterocycles. The van der Waals surface area contributed by atoms with E-state index in [9.17, 15) is 19.5 Å². The van der Waals surface area contributed by atoms with Gasteiger partial charge in [0.15, 0.2) is 12.1 Å². The topological polar surface area (TPSA) is 99.1 Å². The number of carboxylic acids is 1. The first-order valence-electron chi connectivity index (χ1n) is 22.9. The van der Waals surface area contributed by atoms with Crippen molar-refractivity contribution >= 4 is 17.9 Å². The molecule has 0 saturated carbocycles. The van der Waals surface area contributed by atoms with Crippen LogP contribution in [0.5, 0.6) is 0 Å². The number of carbonyl (C=O) groups excluding carboxylic acids is 2. The Morgan fingerprint density at radius 2 is 0.965 bits per heavy atom. The van der Waals surface area contributed by atoms with Crippen molar-refractivity contribution in [2.45, 2.75) is 193 Å². The number of hydrogen-bond donors (Lipinski definition) is 1. The zero-order valence-corrected chi connectivity index (χ0v) is 37.3. The molecule has 0 aliphatic heterocycles. The van der Waals surface area contributed by atoms with Gasteiger partial charge < -0.3 is 23.8 Å². The summed E-state index contributed by atoms with van der Waals surface area (Å²) >= 11 is 0. The number of nitrogens with zero attached hydrogens (tertiary/aromatic N) is 1. The molecule has 0 fully saturated rings. The summed E-state index contributed by atoms with van der Waals surface area (Å²) in [5.41, 5.74) is 0. The Kier molecular flexibility index (Phi) is 37.8. The molecule has 0 aliphatic rings. The van der Waals surface area contributed by atoms with E-state index in [4.69, 9.17) is 14.2 Å². The van der Waals surface area contributed by atoms with Gasteiger partial charge in [-0.15, -0.1) is 0 Å². The molecule has 57 heavy (non-hydrogen) atoms. The van der Waals surface area contributed by atoms with Crippen LogP contribution in [-0.2, 0) is 28.6 Å². The average Bonchev–Trinajstić information content (AvgIpc) is 3.17. The maximum atomic E-state index is 12.7. The van der Waals surface area contributed by atoms with Crippen LogP contribution in [0, 0.1) is 0 Å². The summed E-state index contributed by atoms with van der Waals surface area (Å²) in [6.45, 7) is 4.62. The van der Waals surface area contributed by atoms with Crippen molar-refractivity contribution in [1.82, 2.24) is 0 Å². The molecule has 0 heterocycles. The number of quaternary nitrogens is 1. The molecule has 1 N–H and O–H groups in total. The van der Waals surface area contributed by atoms with Crippen LogP contribution in [0.25, 0.3) is 0 Å². The monoisotopic (exact) mass is 801 g/mol. The third-order valence-electron chi connectivity index (χ3n) is 10.0. The summed E-state index contributed by atoms with van der Waals surface area (Å²) in [4.78, 5) is 37.0. The van der Waals surface area contributed by atoms with E-state index in [1.54, 1.807) is 0 Å². The highest BCUT2D eigenvalue weighted by molar-refractivity contribution is 5.72. The van der Waals surface area contributed by atoms with Gasteiger partial charge in [0.25, 0.3) is 0 Å². The number of esters is 2. The van der Waals surface area contributed by atoms with Crippen molar-refractivity contribution in [1.29, 1.82) is 0 Å². The molecule has 8 nitrogen and oxygen atoms in total. The molecule has 0 amide bonds. The van der Waals surface area contributed by atoms with Crippen molar-refractivity contribution < 1.29 is 38.2 Å². The Bertz CT molecular complexity index is 1120. The molecule has 2 atom stereocenters. The fourth-order valence-corrected chi connectivity index (χ4v) is 6.47. The van der Waals surface area contributed by atoms with Crippen molar-refractivity contribution in [2.75, 3.05) is 41.0 Å². The summed E-state index contributed by atoms with van der Waals surface area (Å²) in [5, 5.41) is 9.63. The lowest BCUT2D eigenvalue weighted by atomic mass is 10.0. The van der Waals surface area contributed by atoms with Crippen LogP contribution in [0.4, 0.5) is 0 Å². The largest absolute Gasteiger partial charge is 0.477 e. The molecule has 0 aromatic rings. The molecule has 0 aromatic carbocycles. The zero-order chi connectivity index (χ0) is 42.1. The normalized spacial score (nSPS) is 13.5. The number of aliphatic carboxylic acids is 1. The summed E-state index contributed by atoms with van der Waals surface area (Å²) in [6, 6.07) is -0.621. The third kappa shape index (κ3) is 38.3. The maximum absolute atomic E-state index is 12.7. The number of likely N-dealkylation sites (N-methyl/N-ethyl adjacent to an activating group) is 1. The van der Waals surface area contributed by atoms with Crippen LogP contribution >= 0.6 is 0 Å². The van der Waals surface area contributed by atoms with E-state index < -0.39 is 18.1 Å². The van der Waals surface area contributed by atoms with E-state index in [0.717, 1.165) is 64.2 Å². The standard InChI is InChI=1S/C49H85NO7/c1-6-8-10-12-14-16-18-20-22-23-24-26-28-30-32-34-36-38-40-48(52)57-45(43-55-42-41-46(49(53)54)50(3,4)5)44-56-47(51)39-37-35-33-31-29-27-25-21-19-17-15-13-11-9-7-2/h10,12,14,16,18,20,22-24,26,45-46H,6-9,11,13,15,17,19,21,25,27-44H2,1-5H3/p+1/b12-10+,16-14+,20-18+,23-22+,26-24+. The molecule has 0 spiro atoms. The van der Waals surface area contributed by atoms with Gasteiger partial charge in [0.1, 0.15) is 6.61 Å². The van der Waals surface area contributed by atoms with Gasteiger partial charge in [-0.25, -0.2) is 4.79 Å². The first kappa shape index (κ1) is 54.0. The van der Waals surface area contributed by atoms with Gasteiger partial charge in [0, 0.05) is 19.3 Å². The lowest BCUT2D eigenvalue weighted by Gasteiger charge is -2.31. The number of rotatable bonds is 40. The fraction of sp³-hybridized carbons (Fsp3) is 0.735. The highest BCUT2D eigenvalue weighted by Crippen LogP contribution is 2.15. The predicted molar refractivity (Wildman–Crippen MR) is 238 cm³/mol. The minimum absolute atomic E-state index is 0.0498. The van der Waals surface area contributed by atoms with E-state index in [1.165, 1.54) is 83.5 Å². The fourth-order valence-electron chi connectivity index (χ4n) is 6.47. The summed E-state index contributed by atoms with van der Waals surface area (Å²) in [6.07, 6.45) is 48.2. The van der Waals surface area contributed by atoms with E-state index in [2.05, 4.69) is 38.2 Å². The molecule has 0 radical (unpaired) electrons. The van der Waals surface area contributed by atoms with Crippen molar-refractivity contribution in [3.05, 3.63) is 60.8 Å². The number of ether oxygens (including phenoxy) is 3. The quantitative estimate of drug-likeness (QED) is 0.0285. The minimum atomic E-state index is -0.881. The van der Waals surface area contributed by atoms with E-state index in [1.807, 2.05) is 57.6 Å². The van der Waals surface area contributed by atoms with Crippen LogP contribution in [0.2, 0.25) is 0 Å². The second kappa shape index (κ2) is 39.8. The van der Waals surface area contributed by atoms with Crippen LogP contribution in [0.3, 0.4) is 0 Å². The predicted octanol–water partition coefficient (Wildman–Crippen LogP) is 12.6. The van der Waals surface area contributed by atoms with Gasteiger partial charge in [0.05, 0.1) is 34.4 Å². The first-order valence-corrected chi connectivity index (χ1v) is 22.9. The second-order valence-corrected chi connectivity index (χ2v) is 16.4. The lowest BCUT2D eigenvalue weighted by molar-refractivity contribution is -0.887. The van der Waals surface area contributed by atoms with Gasteiger partial charge in [-0.2, -0.15) is 0 Å². The Morgan fingerprint density at radius 3 is 1.44 bits per heavy atom. The van der Waals surface area contributed by atoms with E-state index >= 15 is 0 Å². The van der Waals surface area contributed by atoms with Crippen LogP contribution < -0.4 is 0 Å². The summed E-state index contributed by atoms with van der Waals surface area (Å²) in [5.74, 6) is -1.50. The first-order chi connectivity index (χ1) is 27.6. The van der Waals surface area contributed by atoms with Gasteiger partial charge in [-0.3, -0.25) is 9.59 Å². The second-order valence-electron chi connectivity index (χ2n) is 16.4. The van der Waals surface area contributed by atoms with Crippen molar-refractivity contribution in [3.63, 3.8) is 0 Å². The van der Waals surface area contributed by atoms with Crippen molar-refractivity contribution in [3.8, 4) is 0 Å². The smallest absolute Gasteiger partial charge is 0.362 e. The number of unbranched alkanes of at least 4 members (excludes halogenated alkanes) is 20. The lowest BCUT2D eigenvalue weighted by Crippen LogP contribution is -2.50. The van der Waals surface area contributed by atoms with Gasteiger partial charge in [-0.05, 0) is 32.1 Å². The highest BCUT2D eigenvalue weighted by atomic mass is 16.6. The van der Waals surface area contributed by atoms with E-state index in [-0.39, 0.29) is 36.2 Å². The third-order valence-corrected chi connectivity index (χ3v) is 10.0. The number of allylic oxidation sites excluding steroid dienone is 10. The molecule has 328 valence electrons. The Balaban J connectivity index is 4.39. The number of carbonyl (C=O) groups is 3. The van der Waals surface area contributed by atoms with Crippen LogP contribution in [0.15, 0.2) is 60.8 Å². The van der Waals surface area contributed by atoms with Crippen LogP contribution in [-0.4, -0.2) is 80.6 Å².